The van der Waals surface area contributed by atoms with Crippen molar-refractivity contribution in [1.82, 2.24) is 0 Å². The highest BCUT2D eigenvalue weighted by molar-refractivity contribution is 6.13. The van der Waals surface area contributed by atoms with E-state index in [0.717, 1.165) is 16.7 Å². The molecule has 4 rings (SSSR count). The minimum Gasteiger partial charge on any atom is -0.489 e. The number of aryl methyl sites for hydroxylation is 1. The van der Waals surface area contributed by atoms with E-state index in [1.54, 1.807) is 12.1 Å². The van der Waals surface area contributed by atoms with Gasteiger partial charge < -0.3 is 9.47 Å². The van der Waals surface area contributed by atoms with Gasteiger partial charge in [0.1, 0.15) is 18.1 Å². The zero-order chi connectivity index (χ0) is 19.3. The highest BCUT2D eigenvalue weighted by Crippen LogP contribution is 2.37. The zero-order valence-corrected chi connectivity index (χ0v) is 15.6. The number of benzene rings is 3. The third-order valence-electron chi connectivity index (χ3n) is 4.53. The molecule has 0 saturated carbocycles. The maximum absolute atomic E-state index is 12.7. The zero-order valence-electron chi connectivity index (χ0n) is 15.6. The summed E-state index contributed by atoms with van der Waals surface area (Å²) in [6.07, 6.45) is 5.48. The summed E-state index contributed by atoms with van der Waals surface area (Å²) in [4.78, 5) is 12.7. The monoisotopic (exact) mass is 368 g/mol. The molecule has 0 fully saturated rings. The van der Waals surface area contributed by atoms with Crippen molar-refractivity contribution < 1.29 is 14.3 Å². The van der Waals surface area contributed by atoms with Crippen LogP contribution in [0.15, 0.2) is 90.7 Å². The molecule has 1 aliphatic rings. The Bertz CT molecular complexity index is 1050. The second kappa shape index (κ2) is 7.97. The lowest BCUT2D eigenvalue weighted by Gasteiger charge is -2.09. The predicted molar refractivity (Wildman–Crippen MR) is 110 cm³/mol. The number of fused-ring (bicyclic) bond motifs is 1. The Balaban J connectivity index is 1.51. The highest BCUT2D eigenvalue weighted by Gasteiger charge is 2.29. The van der Waals surface area contributed by atoms with Crippen LogP contribution in [0, 0.1) is 6.92 Å². The van der Waals surface area contributed by atoms with Gasteiger partial charge >= 0.3 is 0 Å². The summed E-state index contributed by atoms with van der Waals surface area (Å²) in [5.41, 5.74) is 3.60. The molecule has 3 aromatic rings. The van der Waals surface area contributed by atoms with Crippen molar-refractivity contribution in [1.29, 1.82) is 0 Å². The number of Topliss-reactive ketones (excluding diaryl/α,β-unsaturated/α-hetero) is 1. The summed E-state index contributed by atoms with van der Waals surface area (Å²) in [5, 5.41) is 0. The van der Waals surface area contributed by atoms with Crippen molar-refractivity contribution in [3.8, 4) is 11.5 Å². The van der Waals surface area contributed by atoms with Crippen LogP contribution in [0.5, 0.6) is 11.5 Å². The first-order valence-electron chi connectivity index (χ1n) is 9.18. The van der Waals surface area contributed by atoms with Crippen molar-refractivity contribution in [3.63, 3.8) is 0 Å². The van der Waals surface area contributed by atoms with Gasteiger partial charge in [0.15, 0.2) is 5.76 Å². The SMILES string of the molecule is Cc1cc(OCc2ccccc2)cc2c1C(=O)/C(=C/C=C/c1ccccc1)O2. The number of carbonyl (C=O) groups is 1. The molecular weight excluding hydrogens is 348 g/mol. The summed E-state index contributed by atoms with van der Waals surface area (Å²) in [7, 11) is 0. The highest BCUT2D eigenvalue weighted by atomic mass is 16.5. The average Bonchev–Trinajstić information content (AvgIpc) is 3.04. The van der Waals surface area contributed by atoms with Crippen LogP contribution in [0.1, 0.15) is 27.0 Å². The minimum atomic E-state index is -0.0974. The van der Waals surface area contributed by atoms with Crippen LogP contribution in [0.4, 0.5) is 0 Å². The van der Waals surface area contributed by atoms with Crippen LogP contribution in [-0.4, -0.2) is 5.78 Å². The molecule has 0 unspecified atom stereocenters. The van der Waals surface area contributed by atoms with Gasteiger partial charge in [0.05, 0.1) is 5.56 Å². The third kappa shape index (κ3) is 3.89. The van der Waals surface area contributed by atoms with Crippen LogP contribution >= 0.6 is 0 Å². The number of rotatable bonds is 5. The Morgan fingerprint density at radius 1 is 0.964 bits per heavy atom. The normalized spacial score (nSPS) is 14.3. The van der Waals surface area contributed by atoms with E-state index in [4.69, 9.17) is 9.47 Å². The van der Waals surface area contributed by atoms with Crippen LogP contribution in [0.2, 0.25) is 0 Å². The topological polar surface area (TPSA) is 35.5 Å². The van der Waals surface area contributed by atoms with E-state index < -0.39 is 0 Å². The molecule has 0 saturated heterocycles. The van der Waals surface area contributed by atoms with E-state index in [9.17, 15) is 4.79 Å². The van der Waals surface area contributed by atoms with Crippen LogP contribution in [0.25, 0.3) is 6.08 Å². The molecule has 1 aliphatic heterocycles. The molecule has 0 aliphatic carbocycles. The van der Waals surface area contributed by atoms with Gasteiger partial charge in [0, 0.05) is 6.07 Å². The molecule has 1 heterocycles. The first kappa shape index (κ1) is 17.8. The fraction of sp³-hybridized carbons (Fsp3) is 0.0800. The number of hydrogen-bond donors (Lipinski definition) is 0. The number of ether oxygens (including phenoxy) is 2. The second-order valence-corrected chi connectivity index (χ2v) is 6.62. The lowest BCUT2D eigenvalue weighted by Crippen LogP contribution is -1.99. The number of ketones is 1. The Morgan fingerprint density at radius 2 is 1.68 bits per heavy atom. The summed E-state index contributed by atoms with van der Waals surface area (Å²) < 4.78 is 11.7. The van der Waals surface area contributed by atoms with Crippen molar-refractivity contribution >= 4 is 11.9 Å². The fourth-order valence-corrected chi connectivity index (χ4v) is 3.13. The Hall–Kier alpha value is -3.59. The van der Waals surface area contributed by atoms with Gasteiger partial charge in [-0.3, -0.25) is 4.79 Å². The molecule has 3 nitrogen and oxygen atoms in total. The van der Waals surface area contributed by atoms with E-state index >= 15 is 0 Å². The first-order valence-corrected chi connectivity index (χ1v) is 9.18. The van der Waals surface area contributed by atoms with Gasteiger partial charge in [-0.05, 0) is 35.8 Å². The van der Waals surface area contributed by atoms with Gasteiger partial charge in [-0.2, -0.15) is 0 Å². The van der Waals surface area contributed by atoms with Gasteiger partial charge in [-0.25, -0.2) is 0 Å². The largest absolute Gasteiger partial charge is 0.489 e. The van der Waals surface area contributed by atoms with Crippen LogP contribution in [0.3, 0.4) is 0 Å². The summed E-state index contributed by atoms with van der Waals surface area (Å²) in [5.74, 6) is 1.46. The van der Waals surface area contributed by atoms with E-state index in [0.29, 0.717) is 29.4 Å². The van der Waals surface area contributed by atoms with E-state index in [-0.39, 0.29) is 5.78 Å². The molecule has 3 heteroatoms. The lowest BCUT2D eigenvalue weighted by atomic mass is 10.0. The lowest BCUT2D eigenvalue weighted by molar-refractivity contribution is 0.101. The molecule has 3 aromatic carbocycles. The molecule has 138 valence electrons. The van der Waals surface area contributed by atoms with Crippen molar-refractivity contribution in [2.45, 2.75) is 13.5 Å². The average molecular weight is 368 g/mol. The fourth-order valence-electron chi connectivity index (χ4n) is 3.13. The minimum absolute atomic E-state index is 0.0974. The van der Waals surface area contributed by atoms with E-state index in [2.05, 4.69) is 0 Å². The Kier molecular flexibility index (Phi) is 5.07. The smallest absolute Gasteiger partial charge is 0.232 e. The molecule has 0 amide bonds. The maximum Gasteiger partial charge on any atom is 0.232 e. The van der Waals surface area contributed by atoms with Gasteiger partial charge in [-0.1, -0.05) is 72.8 Å². The summed E-state index contributed by atoms with van der Waals surface area (Å²) >= 11 is 0. The molecule has 0 atom stereocenters. The van der Waals surface area contributed by atoms with Crippen molar-refractivity contribution in [2.75, 3.05) is 0 Å². The molecule has 0 spiro atoms. The van der Waals surface area contributed by atoms with Gasteiger partial charge in [0.25, 0.3) is 0 Å². The molecule has 28 heavy (non-hydrogen) atoms. The number of carbonyl (C=O) groups excluding carboxylic acids is 1. The Labute approximate surface area is 164 Å². The van der Waals surface area contributed by atoms with E-state index in [1.165, 1.54) is 0 Å². The number of hydrogen-bond acceptors (Lipinski definition) is 3. The third-order valence-corrected chi connectivity index (χ3v) is 4.53. The van der Waals surface area contributed by atoms with Gasteiger partial charge in [-0.15, -0.1) is 0 Å². The van der Waals surface area contributed by atoms with Crippen LogP contribution in [-0.2, 0) is 6.61 Å². The summed E-state index contributed by atoms with van der Waals surface area (Å²) in [6, 6.07) is 23.5. The second-order valence-electron chi connectivity index (χ2n) is 6.62. The van der Waals surface area contributed by atoms with Crippen molar-refractivity contribution in [3.05, 3.63) is 113 Å². The first-order chi connectivity index (χ1) is 13.7. The standard InChI is InChI=1S/C25H20O3/c1-18-15-21(27-17-20-11-6-3-7-12-20)16-23-24(18)25(26)22(28-23)14-8-13-19-9-4-2-5-10-19/h2-16H,17H2,1H3/b13-8+,22-14-. The molecule has 0 N–H and O–H groups in total. The molecular formula is C25H20O3. The maximum atomic E-state index is 12.7. The quantitative estimate of drug-likeness (QED) is 0.538. The molecule has 0 bridgehead atoms. The molecule has 0 aromatic heterocycles. The van der Waals surface area contributed by atoms with E-state index in [1.807, 2.05) is 85.8 Å². The summed E-state index contributed by atoms with van der Waals surface area (Å²) in [6.45, 7) is 2.37. The van der Waals surface area contributed by atoms with Crippen molar-refractivity contribution in [2.24, 2.45) is 0 Å². The van der Waals surface area contributed by atoms with Crippen LogP contribution < -0.4 is 9.47 Å². The van der Waals surface area contributed by atoms with Gasteiger partial charge in [0.2, 0.25) is 5.78 Å². The molecule has 0 radical (unpaired) electrons. The Morgan fingerprint density at radius 3 is 2.43 bits per heavy atom. The predicted octanol–water partition coefficient (Wildman–Crippen LogP) is 5.75. The number of allylic oxidation sites excluding steroid dienone is 3.